The average Bonchev–Trinajstić information content (AvgIpc) is 3.17. The number of hydrogen-bond donors (Lipinski definition) is 1. The second-order valence-corrected chi connectivity index (χ2v) is 7.76. The van der Waals surface area contributed by atoms with E-state index in [-0.39, 0.29) is 23.9 Å². The van der Waals surface area contributed by atoms with Gasteiger partial charge in [0.2, 0.25) is 5.89 Å². The molecule has 0 radical (unpaired) electrons. The number of nitrogens with one attached hydrogen (secondary N) is 1. The zero-order valence-corrected chi connectivity index (χ0v) is 17.1. The van der Waals surface area contributed by atoms with Gasteiger partial charge in [0.05, 0.1) is 5.56 Å². The molecule has 0 bridgehead atoms. The lowest BCUT2D eigenvalue weighted by atomic mass is 9.93. The molecule has 7 nitrogen and oxygen atoms in total. The quantitative estimate of drug-likeness (QED) is 0.646. The van der Waals surface area contributed by atoms with Gasteiger partial charge < -0.3 is 14.6 Å². The molecule has 0 aliphatic carbocycles. The largest absolute Gasteiger partial charge is 0.454 e. The van der Waals surface area contributed by atoms with Gasteiger partial charge in [-0.25, -0.2) is 4.79 Å². The Morgan fingerprint density at radius 2 is 1.93 bits per heavy atom. The van der Waals surface area contributed by atoms with E-state index in [1.165, 1.54) is 0 Å². The molecule has 2 atom stereocenters. The summed E-state index contributed by atoms with van der Waals surface area (Å²) in [6.07, 6.45) is 0.150. The molecule has 0 unspecified atom stereocenters. The normalized spacial score (nSPS) is 16.7. The Bertz CT molecular complexity index is 1080. The highest BCUT2D eigenvalue weighted by Crippen LogP contribution is 2.31. The van der Waals surface area contributed by atoms with Crippen molar-refractivity contribution in [3.63, 3.8) is 0 Å². The molecule has 2 heterocycles. The van der Waals surface area contributed by atoms with Crippen LogP contribution in [0.2, 0.25) is 0 Å². The Labute approximate surface area is 174 Å². The number of amides is 1. The summed E-state index contributed by atoms with van der Waals surface area (Å²) >= 11 is 0. The molecule has 154 valence electrons. The number of aromatic nitrogens is 2. The van der Waals surface area contributed by atoms with Crippen molar-refractivity contribution in [1.82, 2.24) is 15.5 Å². The minimum Gasteiger partial charge on any atom is -0.454 e. The summed E-state index contributed by atoms with van der Waals surface area (Å²) in [7, 11) is 0. The average molecular weight is 405 g/mol. The lowest BCUT2D eigenvalue weighted by Gasteiger charge is -2.25. The number of carbonyl (C=O) groups is 2. The highest BCUT2D eigenvalue weighted by atomic mass is 16.5. The topological polar surface area (TPSA) is 94.3 Å². The number of fused-ring (bicyclic) bond motifs is 1. The molecule has 7 heteroatoms. The van der Waals surface area contributed by atoms with Crippen LogP contribution < -0.4 is 5.32 Å². The maximum absolute atomic E-state index is 12.9. The molecule has 4 rings (SSSR count). The van der Waals surface area contributed by atoms with E-state index in [2.05, 4.69) is 15.5 Å². The molecule has 2 aromatic carbocycles. The fraction of sp³-hybridized carbons (Fsp3) is 0.304. The predicted molar refractivity (Wildman–Crippen MR) is 109 cm³/mol. The van der Waals surface area contributed by atoms with Crippen molar-refractivity contribution in [3.05, 3.63) is 82.5 Å². The van der Waals surface area contributed by atoms with Crippen molar-refractivity contribution in [3.8, 4) is 0 Å². The summed E-state index contributed by atoms with van der Waals surface area (Å²) < 4.78 is 10.8. The summed E-state index contributed by atoms with van der Waals surface area (Å²) in [6, 6.07) is 14.2. The van der Waals surface area contributed by atoms with E-state index in [0.29, 0.717) is 29.3 Å². The van der Waals surface area contributed by atoms with Crippen molar-refractivity contribution < 1.29 is 18.8 Å². The molecule has 1 aliphatic rings. The Hall–Kier alpha value is -3.48. The van der Waals surface area contributed by atoms with Crippen LogP contribution in [0.25, 0.3) is 0 Å². The van der Waals surface area contributed by atoms with E-state index < -0.39 is 6.04 Å². The van der Waals surface area contributed by atoms with Gasteiger partial charge in [0, 0.05) is 12.0 Å². The van der Waals surface area contributed by atoms with Crippen LogP contribution in [-0.2, 0) is 11.2 Å². The molecule has 1 amide bonds. The molecule has 30 heavy (non-hydrogen) atoms. The first-order valence-electron chi connectivity index (χ1n) is 9.92. The third-order valence-electron chi connectivity index (χ3n) is 5.18. The second-order valence-electron chi connectivity index (χ2n) is 7.76. The fourth-order valence-electron chi connectivity index (χ4n) is 3.57. The first kappa shape index (κ1) is 19.8. The van der Waals surface area contributed by atoms with Crippen LogP contribution in [0.5, 0.6) is 0 Å². The van der Waals surface area contributed by atoms with E-state index >= 15 is 0 Å². The van der Waals surface area contributed by atoms with Gasteiger partial charge in [-0.05, 0) is 42.2 Å². The number of ether oxygens (including phenoxy) is 1. The number of nitrogens with zero attached hydrogens (tertiary/aromatic N) is 2. The molecule has 0 saturated carbocycles. The van der Waals surface area contributed by atoms with Crippen LogP contribution in [0.3, 0.4) is 0 Å². The number of carbonyl (C=O) groups excluding carboxylic acids is 2. The summed E-state index contributed by atoms with van der Waals surface area (Å²) in [6.45, 7) is 5.67. The Morgan fingerprint density at radius 1 is 1.17 bits per heavy atom. The summed E-state index contributed by atoms with van der Waals surface area (Å²) in [5, 5.41) is 6.79. The summed E-state index contributed by atoms with van der Waals surface area (Å²) in [5.41, 5.74) is 2.68. The second kappa shape index (κ2) is 8.10. The number of esters is 1. The lowest BCUT2D eigenvalue weighted by Crippen LogP contribution is -2.32. The highest BCUT2D eigenvalue weighted by Gasteiger charge is 2.29. The standard InChI is InChI=1S/C23H23N3O4/c1-13(2)20(22-24-14(3)26-30-22)25-21(27)16-9-10-18-17(11-16)12-19(29-23(18)28)15-7-5-4-6-8-15/h4-11,13,19-20H,12H2,1-3H3,(H,25,27)/t19-,20+/m0/s1. The lowest BCUT2D eigenvalue weighted by molar-refractivity contribution is 0.0252. The maximum Gasteiger partial charge on any atom is 0.339 e. The molecule has 3 aromatic rings. The van der Waals surface area contributed by atoms with Crippen LogP contribution in [0.1, 0.15) is 69.6 Å². The van der Waals surface area contributed by atoms with Crippen LogP contribution >= 0.6 is 0 Å². The van der Waals surface area contributed by atoms with Gasteiger partial charge >= 0.3 is 5.97 Å². The van der Waals surface area contributed by atoms with Crippen molar-refractivity contribution >= 4 is 11.9 Å². The third kappa shape index (κ3) is 3.96. The Balaban J connectivity index is 1.57. The van der Waals surface area contributed by atoms with E-state index in [0.717, 1.165) is 11.1 Å². The molecule has 0 saturated heterocycles. The summed E-state index contributed by atoms with van der Waals surface area (Å²) in [5.74, 6) is 0.315. The van der Waals surface area contributed by atoms with Gasteiger partial charge in [0.25, 0.3) is 5.91 Å². The van der Waals surface area contributed by atoms with Crippen LogP contribution in [-0.4, -0.2) is 22.0 Å². The smallest absolute Gasteiger partial charge is 0.339 e. The number of hydrogen-bond acceptors (Lipinski definition) is 6. The van der Waals surface area contributed by atoms with Crippen molar-refractivity contribution in [1.29, 1.82) is 0 Å². The molecule has 0 spiro atoms. The molecule has 1 aromatic heterocycles. The fourth-order valence-corrected chi connectivity index (χ4v) is 3.57. The first-order chi connectivity index (χ1) is 14.4. The van der Waals surface area contributed by atoms with E-state index in [1.54, 1.807) is 25.1 Å². The van der Waals surface area contributed by atoms with Gasteiger partial charge in [-0.15, -0.1) is 0 Å². The SMILES string of the molecule is Cc1noc([C@H](NC(=O)c2ccc3c(c2)C[C@@H](c2ccccc2)OC3=O)C(C)C)n1. The van der Waals surface area contributed by atoms with Crippen LogP contribution in [0.15, 0.2) is 53.1 Å². The van der Waals surface area contributed by atoms with E-state index in [1.807, 2.05) is 44.2 Å². The molecule has 0 fully saturated rings. The Kier molecular flexibility index (Phi) is 5.35. The van der Waals surface area contributed by atoms with Gasteiger partial charge in [0.1, 0.15) is 12.1 Å². The van der Waals surface area contributed by atoms with Gasteiger partial charge in [-0.1, -0.05) is 49.3 Å². The van der Waals surface area contributed by atoms with Gasteiger partial charge in [-0.3, -0.25) is 4.79 Å². The third-order valence-corrected chi connectivity index (χ3v) is 5.18. The van der Waals surface area contributed by atoms with Crippen molar-refractivity contribution in [2.45, 2.75) is 39.3 Å². The van der Waals surface area contributed by atoms with E-state index in [4.69, 9.17) is 9.26 Å². The van der Waals surface area contributed by atoms with Crippen LogP contribution in [0.4, 0.5) is 0 Å². The number of cyclic esters (lactones) is 1. The molecule has 1 aliphatic heterocycles. The summed E-state index contributed by atoms with van der Waals surface area (Å²) in [4.78, 5) is 29.6. The van der Waals surface area contributed by atoms with Gasteiger partial charge in [-0.2, -0.15) is 4.98 Å². The molecule has 1 N–H and O–H groups in total. The zero-order chi connectivity index (χ0) is 21.3. The van der Waals surface area contributed by atoms with Crippen molar-refractivity contribution in [2.24, 2.45) is 5.92 Å². The number of rotatable bonds is 5. The highest BCUT2D eigenvalue weighted by molar-refractivity contribution is 5.98. The zero-order valence-electron chi connectivity index (χ0n) is 17.1. The minimum absolute atomic E-state index is 0.0591. The van der Waals surface area contributed by atoms with Crippen LogP contribution in [0, 0.1) is 12.8 Å². The molecular formula is C23H23N3O4. The predicted octanol–water partition coefficient (Wildman–Crippen LogP) is 3.96. The number of aryl methyl sites for hydroxylation is 1. The Morgan fingerprint density at radius 3 is 2.60 bits per heavy atom. The molecular weight excluding hydrogens is 382 g/mol. The minimum atomic E-state index is -0.406. The monoisotopic (exact) mass is 405 g/mol. The van der Waals surface area contributed by atoms with E-state index in [9.17, 15) is 9.59 Å². The number of benzene rings is 2. The van der Waals surface area contributed by atoms with Gasteiger partial charge in [0.15, 0.2) is 5.82 Å². The first-order valence-corrected chi connectivity index (χ1v) is 9.92. The van der Waals surface area contributed by atoms with Crippen molar-refractivity contribution in [2.75, 3.05) is 0 Å². The maximum atomic E-state index is 12.9.